The molecular formula is C24H20P2. The average molecular weight is 370 g/mol. The molecule has 0 aromatic heterocycles. The van der Waals surface area contributed by atoms with Crippen LogP contribution < -0.4 is 26.5 Å². The van der Waals surface area contributed by atoms with Crippen molar-refractivity contribution in [3.63, 3.8) is 0 Å². The molecule has 0 spiro atoms. The monoisotopic (exact) mass is 370 g/mol. The second kappa shape index (κ2) is 8.41. The third-order valence-electron chi connectivity index (χ3n) is 4.23. The fraction of sp³-hybridized carbons (Fsp3) is 0. The summed E-state index contributed by atoms with van der Waals surface area (Å²) in [5.74, 6) is 0. The summed E-state index contributed by atoms with van der Waals surface area (Å²) in [6.45, 7) is 0. The highest BCUT2D eigenvalue weighted by Crippen LogP contribution is 2.33. The van der Waals surface area contributed by atoms with E-state index in [9.17, 15) is 0 Å². The van der Waals surface area contributed by atoms with Crippen molar-refractivity contribution in [2.45, 2.75) is 0 Å². The lowest BCUT2D eigenvalue weighted by Gasteiger charge is -2.22. The summed E-state index contributed by atoms with van der Waals surface area (Å²) in [6, 6.07) is 41.6. The number of hydrogen-bond acceptors (Lipinski definition) is 0. The van der Waals surface area contributed by atoms with E-state index in [1.54, 1.807) is 0 Å². The van der Waals surface area contributed by atoms with Crippen molar-refractivity contribution < 1.29 is 0 Å². The maximum Gasteiger partial charge on any atom is -0.00735 e. The first-order valence-electron chi connectivity index (χ1n) is 8.73. The fourth-order valence-electron chi connectivity index (χ4n) is 3.03. The SMILES string of the molecule is c1ccc(Pc2ccccc2P(c2ccccc2)c2ccccc2)cc1. The first-order valence-corrected chi connectivity index (χ1v) is 11.1. The van der Waals surface area contributed by atoms with E-state index >= 15 is 0 Å². The van der Waals surface area contributed by atoms with Crippen LogP contribution >= 0.6 is 16.5 Å². The van der Waals surface area contributed by atoms with Crippen molar-refractivity contribution >= 4 is 43.0 Å². The normalized spacial score (nSPS) is 11.3. The minimum Gasteiger partial charge on any atom is -0.0622 e. The van der Waals surface area contributed by atoms with E-state index in [-0.39, 0.29) is 0 Å². The van der Waals surface area contributed by atoms with Gasteiger partial charge in [-0.3, -0.25) is 0 Å². The highest BCUT2D eigenvalue weighted by molar-refractivity contribution is 7.81. The highest BCUT2D eigenvalue weighted by Gasteiger charge is 2.19. The van der Waals surface area contributed by atoms with Crippen LogP contribution in [-0.4, -0.2) is 0 Å². The van der Waals surface area contributed by atoms with Gasteiger partial charge in [0.25, 0.3) is 0 Å². The molecule has 0 aliphatic rings. The third kappa shape index (κ3) is 3.94. The fourth-order valence-corrected chi connectivity index (χ4v) is 6.94. The predicted octanol–water partition coefficient (Wildman–Crippen LogP) is 4.07. The van der Waals surface area contributed by atoms with E-state index in [2.05, 4.69) is 115 Å². The Morgan fingerprint density at radius 2 is 0.923 bits per heavy atom. The van der Waals surface area contributed by atoms with Crippen LogP contribution in [0.3, 0.4) is 0 Å². The van der Waals surface area contributed by atoms with Crippen molar-refractivity contribution in [2.24, 2.45) is 0 Å². The lowest BCUT2D eigenvalue weighted by Crippen LogP contribution is -2.29. The van der Waals surface area contributed by atoms with Crippen molar-refractivity contribution in [3.05, 3.63) is 115 Å². The summed E-state index contributed by atoms with van der Waals surface area (Å²) in [4.78, 5) is 0. The molecule has 0 aliphatic heterocycles. The first kappa shape index (κ1) is 17.2. The minimum absolute atomic E-state index is 0.556. The summed E-state index contributed by atoms with van der Waals surface area (Å²) in [6.07, 6.45) is 0. The Balaban J connectivity index is 1.82. The van der Waals surface area contributed by atoms with E-state index in [1.165, 1.54) is 26.5 Å². The van der Waals surface area contributed by atoms with Crippen molar-refractivity contribution in [2.75, 3.05) is 0 Å². The maximum atomic E-state index is 2.32. The van der Waals surface area contributed by atoms with E-state index in [1.807, 2.05) is 0 Å². The van der Waals surface area contributed by atoms with Crippen molar-refractivity contribution in [3.8, 4) is 0 Å². The van der Waals surface area contributed by atoms with Gasteiger partial charge in [0, 0.05) is 0 Å². The van der Waals surface area contributed by atoms with E-state index in [4.69, 9.17) is 0 Å². The average Bonchev–Trinajstić information content (AvgIpc) is 2.72. The summed E-state index contributed by atoms with van der Waals surface area (Å²) in [5, 5.41) is 7.09. The second-order valence-electron chi connectivity index (χ2n) is 6.01. The number of hydrogen-bond donors (Lipinski definition) is 0. The van der Waals surface area contributed by atoms with Gasteiger partial charge in [-0.25, -0.2) is 0 Å². The molecule has 0 radical (unpaired) electrons. The molecule has 2 heteroatoms. The molecule has 4 aromatic carbocycles. The van der Waals surface area contributed by atoms with Gasteiger partial charge >= 0.3 is 0 Å². The summed E-state index contributed by atoms with van der Waals surface area (Å²) < 4.78 is 0. The van der Waals surface area contributed by atoms with Crippen LogP contribution in [0.4, 0.5) is 0 Å². The van der Waals surface area contributed by atoms with Crippen LogP contribution in [0.25, 0.3) is 0 Å². The van der Waals surface area contributed by atoms with Crippen LogP contribution in [0.5, 0.6) is 0 Å². The summed E-state index contributed by atoms with van der Waals surface area (Å²) in [5.41, 5.74) is 0. The highest BCUT2D eigenvalue weighted by atomic mass is 31.1. The Morgan fingerprint density at radius 3 is 1.50 bits per heavy atom. The molecule has 26 heavy (non-hydrogen) atoms. The van der Waals surface area contributed by atoms with E-state index < -0.39 is 7.92 Å². The van der Waals surface area contributed by atoms with Gasteiger partial charge in [0.1, 0.15) is 0 Å². The zero-order valence-corrected chi connectivity index (χ0v) is 16.3. The quantitative estimate of drug-likeness (QED) is 0.465. The molecule has 0 saturated carbocycles. The molecule has 0 bridgehead atoms. The van der Waals surface area contributed by atoms with Crippen molar-refractivity contribution in [1.82, 2.24) is 0 Å². The largest absolute Gasteiger partial charge is 0.0622 e. The summed E-state index contributed by atoms with van der Waals surface area (Å²) >= 11 is 0. The van der Waals surface area contributed by atoms with Gasteiger partial charge in [0.15, 0.2) is 0 Å². The second-order valence-corrected chi connectivity index (χ2v) is 9.57. The van der Waals surface area contributed by atoms with Crippen LogP contribution in [0.15, 0.2) is 115 Å². The van der Waals surface area contributed by atoms with Gasteiger partial charge in [0.05, 0.1) is 0 Å². The lowest BCUT2D eigenvalue weighted by molar-refractivity contribution is 1.75. The third-order valence-corrected chi connectivity index (χ3v) is 8.27. The van der Waals surface area contributed by atoms with Crippen molar-refractivity contribution in [1.29, 1.82) is 0 Å². The topological polar surface area (TPSA) is 0 Å². The molecule has 1 atom stereocenters. The van der Waals surface area contributed by atoms with Crippen LogP contribution in [0.2, 0.25) is 0 Å². The van der Waals surface area contributed by atoms with Gasteiger partial charge in [-0.05, 0) is 34.4 Å². The Kier molecular flexibility index (Phi) is 5.56. The Labute approximate surface area is 158 Å². The molecule has 0 amide bonds. The molecule has 0 fully saturated rings. The van der Waals surface area contributed by atoms with Crippen LogP contribution in [0.1, 0.15) is 0 Å². The Hall–Kier alpha value is -2.26. The van der Waals surface area contributed by atoms with Gasteiger partial charge in [-0.1, -0.05) is 124 Å². The predicted molar refractivity (Wildman–Crippen MR) is 119 cm³/mol. The lowest BCUT2D eigenvalue weighted by atomic mass is 10.3. The Bertz CT molecular complexity index is 911. The van der Waals surface area contributed by atoms with Gasteiger partial charge in [-0.2, -0.15) is 0 Å². The number of rotatable bonds is 5. The summed E-state index contributed by atoms with van der Waals surface area (Å²) in [7, 11) is 0.118. The zero-order chi connectivity index (χ0) is 17.6. The van der Waals surface area contributed by atoms with Crippen LogP contribution in [0, 0.1) is 0 Å². The molecule has 126 valence electrons. The maximum absolute atomic E-state index is 2.32. The molecule has 0 N–H and O–H groups in total. The van der Waals surface area contributed by atoms with Gasteiger partial charge in [-0.15, -0.1) is 0 Å². The molecule has 4 rings (SSSR count). The first-order chi connectivity index (χ1) is 12.9. The molecule has 0 nitrogen and oxygen atoms in total. The van der Waals surface area contributed by atoms with Crippen LogP contribution in [-0.2, 0) is 0 Å². The van der Waals surface area contributed by atoms with E-state index in [0.717, 1.165) is 0 Å². The molecule has 0 heterocycles. The molecule has 4 aromatic rings. The molecular weight excluding hydrogens is 350 g/mol. The zero-order valence-electron chi connectivity index (χ0n) is 14.4. The molecule has 0 saturated heterocycles. The molecule has 0 aliphatic carbocycles. The van der Waals surface area contributed by atoms with Gasteiger partial charge in [0.2, 0.25) is 0 Å². The number of benzene rings is 4. The standard InChI is InChI=1S/C24H20P2/c1-4-12-20(13-5-1)25-23-18-10-11-19-24(23)26(21-14-6-2-7-15-21)22-16-8-3-9-17-22/h1-19,25H. The van der Waals surface area contributed by atoms with Gasteiger partial charge < -0.3 is 0 Å². The smallest absolute Gasteiger partial charge is 0.00735 e. The van der Waals surface area contributed by atoms with E-state index in [0.29, 0.717) is 8.58 Å². The minimum atomic E-state index is -0.556. The Morgan fingerprint density at radius 1 is 0.462 bits per heavy atom. The molecule has 1 unspecified atom stereocenters.